The van der Waals surface area contributed by atoms with Crippen molar-refractivity contribution >= 4 is 17.4 Å². The number of carbonyl (C=O) groups excluding carboxylic acids is 1. The van der Waals surface area contributed by atoms with Gasteiger partial charge in [0.25, 0.3) is 0 Å². The Kier molecular flexibility index (Phi) is 3.82. The van der Waals surface area contributed by atoms with Crippen molar-refractivity contribution in [2.45, 2.75) is 0 Å². The molecule has 22 heavy (non-hydrogen) atoms. The molecule has 0 aliphatic rings. The number of nitrogens with one attached hydrogen (secondary N) is 2. The van der Waals surface area contributed by atoms with Gasteiger partial charge >= 0.3 is 6.03 Å². The van der Waals surface area contributed by atoms with Gasteiger partial charge in [-0.1, -0.05) is 12.1 Å². The second-order valence-electron chi connectivity index (χ2n) is 4.57. The van der Waals surface area contributed by atoms with E-state index in [-0.39, 0.29) is 5.82 Å². The van der Waals surface area contributed by atoms with Crippen LogP contribution in [0, 0.1) is 5.82 Å². The number of urea groups is 1. The number of halogens is 1. The van der Waals surface area contributed by atoms with Crippen LogP contribution in [0.2, 0.25) is 0 Å². The van der Waals surface area contributed by atoms with E-state index in [1.165, 1.54) is 24.3 Å². The lowest BCUT2D eigenvalue weighted by molar-refractivity contribution is 0.262. The van der Waals surface area contributed by atoms with Crippen molar-refractivity contribution in [2.24, 2.45) is 0 Å². The van der Waals surface area contributed by atoms with Crippen molar-refractivity contribution < 1.29 is 9.18 Å². The minimum atomic E-state index is -0.404. The second-order valence-corrected chi connectivity index (χ2v) is 4.57. The molecule has 2 amide bonds. The Hall–Kier alpha value is -3.15. The number of imidazole rings is 1. The van der Waals surface area contributed by atoms with Gasteiger partial charge in [-0.2, -0.15) is 0 Å². The lowest BCUT2D eigenvalue weighted by atomic mass is 10.2. The number of anilines is 2. The maximum absolute atomic E-state index is 12.8. The molecule has 0 aliphatic carbocycles. The summed E-state index contributed by atoms with van der Waals surface area (Å²) >= 11 is 0. The number of hydrogen-bond acceptors (Lipinski definition) is 2. The van der Waals surface area contributed by atoms with Gasteiger partial charge in [-0.25, -0.2) is 14.2 Å². The molecule has 3 aromatic rings. The molecular weight excluding hydrogens is 283 g/mol. The number of para-hydroxylation sites is 2. The number of amides is 2. The molecule has 0 bridgehead atoms. The molecule has 0 aliphatic heterocycles. The van der Waals surface area contributed by atoms with Crippen LogP contribution in [0.3, 0.4) is 0 Å². The Labute approximate surface area is 126 Å². The summed E-state index contributed by atoms with van der Waals surface area (Å²) in [6.07, 6.45) is 5.10. The standard InChI is InChI=1S/C16H13FN4O/c17-12-5-7-13(8-6-12)19-16(22)20-14-3-1-2-4-15(14)21-10-9-18-11-21/h1-11H,(H2,19,20,22). The number of nitrogens with zero attached hydrogens (tertiary/aromatic N) is 2. The number of hydrogen-bond donors (Lipinski definition) is 2. The highest BCUT2D eigenvalue weighted by Gasteiger charge is 2.08. The first-order valence-corrected chi connectivity index (χ1v) is 6.63. The molecule has 2 N–H and O–H groups in total. The summed E-state index contributed by atoms with van der Waals surface area (Å²) in [4.78, 5) is 16.0. The molecule has 0 saturated carbocycles. The van der Waals surface area contributed by atoms with Gasteiger partial charge in [0.05, 0.1) is 17.7 Å². The molecule has 2 aromatic carbocycles. The molecule has 0 fully saturated rings. The van der Waals surface area contributed by atoms with Crippen LogP contribution < -0.4 is 10.6 Å². The Morgan fingerprint density at radius 2 is 1.82 bits per heavy atom. The van der Waals surface area contributed by atoms with Crippen LogP contribution in [0.15, 0.2) is 67.3 Å². The van der Waals surface area contributed by atoms with E-state index >= 15 is 0 Å². The summed E-state index contributed by atoms with van der Waals surface area (Å²) in [5, 5.41) is 5.42. The molecule has 3 rings (SSSR count). The summed E-state index contributed by atoms with van der Waals surface area (Å²) in [5.74, 6) is -0.351. The number of rotatable bonds is 3. The van der Waals surface area contributed by atoms with Crippen LogP contribution in [0.25, 0.3) is 5.69 Å². The smallest absolute Gasteiger partial charge is 0.308 e. The Balaban J connectivity index is 1.76. The largest absolute Gasteiger partial charge is 0.323 e. The molecule has 110 valence electrons. The predicted octanol–water partition coefficient (Wildman–Crippen LogP) is 3.66. The summed E-state index contributed by atoms with van der Waals surface area (Å²) in [6.45, 7) is 0. The van der Waals surface area contributed by atoms with E-state index in [1.807, 2.05) is 18.2 Å². The zero-order chi connectivity index (χ0) is 15.4. The molecule has 5 nitrogen and oxygen atoms in total. The first-order chi connectivity index (χ1) is 10.7. The fourth-order valence-electron chi connectivity index (χ4n) is 2.02. The molecule has 0 radical (unpaired) electrons. The summed E-state index contributed by atoms with van der Waals surface area (Å²) < 4.78 is 14.6. The van der Waals surface area contributed by atoms with Gasteiger partial charge in [-0.05, 0) is 36.4 Å². The average molecular weight is 296 g/mol. The third-order valence-electron chi connectivity index (χ3n) is 3.04. The minimum absolute atomic E-state index is 0.351. The fraction of sp³-hybridized carbons (Fsp3) is 0. The topological polar surface area (TPSA) is 59.0 Å². The third kappa shape index (κ3) is 3.12. The Morgan fingerprint density at radius 3 is 2.55 bits per heavy atom. The fourth-order valence-corrected chi connectivity index (χ4v) is 2.02. The van der Waals surface area contributed by atoms with Crippen LogP contribution in [0.4, 0.5) is 20.6 Å². The molecule has 0 atom stereocenters. The SMILES string of the molecule is O=C(Nc1ccc(F)cc1)Nc1ccccc1-n1ccnc1. The van der Waals surface area contributed by atoms with Crippen LogP contribution >= 0.6 is 0 Å². The molecule has 0 unspecified atom stereocenters. The van der Waals surface area contributed by atoms with Gasteiger partial charge in [-0.3, -0.25) is 0 Å². The average Bonchev–Trinajstić information content (AvgIpc) is 3.04. The Morgan fingerprint density at radius 1 is 1.05 bits per heavy atom. The highest BCUT2D eigenvalue weighted by Crippen LogP contribution is 2.20. The molecule has 0 spiro atoms. The van der Waals surface area contributed by atoms with Crippen LogP contribution in [-0.2, 0) is 0 Å². The van der Waals surface area contributed by atoms with Gasteiger partial charge in [-0.15, -0.1) is 0 Å². The van der Waals surface area contributed by atoms with Crippen molar-refractivity contribution in [3.05, 3.63) is 73.1 Å². The van der Waals surface area contributed by atoms with E-state index in [4.69, 9.17) is 0 Å². The van der Waals surface area contributed by atoms with Crippen LogP contribution in [-0.4, -0.2) is 15.6 Å². The van der Waals surface area contributed by atoms with Gasteiger partial charge in [0.1, 0.15) is 5.82 Å². The zero-order valence-corrected chi connectivity index (χ0v) is 11.5. The molecule has 6 heteroatoms. The maximum atomic E-state index is 12.8. The zero-order valence-electron chi connectivity index (χ0n) is 11.5. The third-order valence-corrected chi connectivity index (χ3v) is 3.04. The van der Waals surface area contributed by atoms with Gasteiger partial charge in [0, 0.05) is 18.1 Å². The second kappa shape index (κ2) is 6.09. The number of aromatic nitrogens is 2. The highest BCUT2D eigenvalue weighted by molar-refractivity contribution is 6.00. The molecule has 0 saturated heterocycles. The van der Waals surface area contributed by atoms with Crippen molar-refractivity contribution in [2.75, 3.05) is 10.6 Å². The van der Waals surface area contributed by atoms with Gasteiger partial charge in [0.15, 0.2) is 0 Å². The molecular formula is C16H13FN4O. The minimum Gasteiger partial charge on any atom is -0.308 e. The Bertz CT molecular complexity index is 769. The lowest BCUT2D eigenvalue weighted by Crippen LogP contribution is -2.20. The van der Waals surface area contributed by atoms with Crippen molar-refractivity contribution in [1.29, 1.82) is 0 Å². The van der Waals surface area contributed by atoms with Crippen molar-refractivity contribution in [1.82, 2.24) is 9.55 Å². The summed E-state index contributed by atoms with van der Waals surface area (Å²) in [6, 6.07) is 12.5. The maximum Gasteiger partial charge on any atom is 0.323 e. The van der Waals surface area contributed by atoms with Gasteiger partial charge in [0.2, 0.25) is 0 Å². The predicted molar refractivity (Wildman–Crippen MR) is 82.6 cm³/mol. The number of benzene rings is 2. The van der Waals surface area contributed by atoms with Crippen LogP contribution in [0.5, 0.6) is 0 Å². The normalized spacial score (nSPS) is 10.2. The van der Waals surface area contributed by atoms with Crippen LogP contribution in [0.1, 0.15) is 0 Å². The first kappa shape index (κ1) is 13.8. The summed E-state index contributed by atoms with van der Waals surface area (Å²) in [5.41, 5.74) is 1.95. The van der Waals surface area contributed by atoms with Gasteiger partial charge < -0.3 is 15.2 Å². The van der Waals surface area contributed by atoms with E-state index in [1.54, 1.807) is 29.4 Å². The van der Waals surface area contributed by atoms with E-state index in [2.05, 4.69) is 15.6 Å². The quantitative estimate of drug-likeness (QED) is 0.775. The lowest BCUT2D eigenvalue weighted by Gasteiger charge is -2.12. The number of carbonyl (C=O) groups is 1. The monoisotopic (exact) mass is 296 g/mol. The molecule has 1 aromatic heterocycles. The van der Waals surface area contributed by atoms with E-state index in [9.17, 15) is 9.18 Å². The summed E-state index contributed by atoms with van der Waals surface area (Å²) in [7, 11) is 0. The highest BCUT2D eigenvalue weighted by atomic mass is 19.1. The van der Waals surface area contributed by atoms with Crippen molar-refractivity contribution in [3.8, 4) is 5.69 Å². The first-order valence-electron chi connectivity index (χ1n) is 6.63. The van der Waals surface area contributed by atoms with Crippen molar-refractivity contribution in [3.63, 3.8) is 0 Å². The molecule has 1 heterocycles. The van der Waals surface area contributed by atoms with E-state index in [0.717, 1.165) is 5.69 Å². The van der Waals surface area contributed by atoms with E-state index in [0.29, 0.717) is 11.4 Å². The van der Waals surface area contributed by atoms with E-state index < -0.39 is 6.03 Å².